The molecule has 1 fully saturated rings. The van der Waals surface area contributed by atoms with Crippen LogP contribution in [0.3, 0.4) is 0 Å². The standard InChI is InChI=1S/C22H27NO3/c1-14(2)19-13-17(5-6-20(19)24)22(25)21-15(3)11-18(12-16(21)4)23-7-9-26-10-8-23/h5-6,11-14,24H,7-10H2,1-4H3. The van der Waals surface area contributed by atoms with Gasteiger partial charge in [0.15, 0.2) is 5.78 Å². The van der Waals surface area contributed by atoms with E-state index in [1.54, 1.807) is 12.1 Å². The Morgan fingerprint density at radius 3 is 2.27 bits per heavy atom. The van der Waals surface area contributed by atoms with Crippen LogP contribution in [0.5, 0.6) is 5.75 Å². The number of phenols is 1. The van der Waals surface area contributed by atoms with E-state index in [1.807, 2.05) is 33.8 Å². The van der Waals surface area contributed by atoms with Crippen LogP contribution in [0.25, 0.3) is 0 Å². The van der Waals surface area contributed by atoms with Gasteiger partial charge in [0.25, 0.3) is 0 Å². The van der Waals surface area contributed by atoms with Gasteiger partial charge >= 0.3 is 0 Å². The first-order valence-corrected chi connectivity index (χ1v) is 9.20. The Bertz CT molecular complexity index is 797. The maximum Gasteiger partial charge on any atom is 0.193 e. The van der Waals surface area contributed by atoms with Crippen LogP contribution >= 0.6 is 0 Å². The van der Waals surface area contributed by atoms with E-state index in [9.17, 15) is 9.90 Å². The molecule has 0 aliphatic carbocycles. The number of ketones is 1. The number of phenolic OH excluding ortho intramolecular Hbond substituents is 1. The Hall–Kier alpha value is -2.33. The van der Waals surface area contributed by atoms with Gasteiger partial charge in [-0.25, -0.2) is 0 Å². The van der Waals surface area contributed by atoms with Crippen LogP contribution in [0.2, 0.25) is 0 Å². The monoisotopic (exact) mass is 353 g/mol. The molecule has 0 atom stereocenters. The third-order valence-electron chi connectivity index (χ3n) is 5.03. The molecule has 3 rings (SSSR count). The van der Waals surface area contributed by atoms with Crippen molar-refractivity contribution in [1.29, 1.82) is 0 Å². The fourth-order valence-electron chi connectivity index (χ4n) is 3.61. The van der Waals surface area contributed by atoms with Crippen LogP contribution in [-0.2, 0) is 4.74 Å². The van der Waals surface area contributed by atoms with Gasteiger partial charge < -0.3 is 14.7 Å². The van der Waals surface area contributed by atoms with Crippen molar-refractivity contribution >= 4 is 11.5 Å². The molecule has 4 nitrogen and oxygen atoms in total. The quantitative estimate of drug-likeness (QED) is 0.837. The Morgan fingerprint density at radius 1 is 1.08 bits per heavy atom. The molecule has 1 aliphatic rings. The lowest BCUT2D eigenvalue weighted by Gasteiger charge is -2.30. The first-order chi connectivity index (χ1) is 12.4. The third kappa shape index (κ3) is 3.61. The average Bonchev–Trinajstić information content (AvgIpc) is 2.61. The van der Waals surface area contributed by atoms with Gasteiger partial charge in [-0.1, -0.05) is 13.8 Å². The van der Waals surface area contributed by atoms with Crippen LogP contribution < -0.4 is 4.90 Å². The van der Waals surface area contributed by atoms with Crippen molar-refractivity contribution in [2.75, 3.05) is 31.2 Å². The molecule has 0 radical (unpaired) electrons. The fraction of sp³-hybridized carbons (Fsp3) is 0.409. The number of morpholine rings is 1. The number of hydrogen-bond donors (Lipinski definition) is 1. The number of aromatic hydroxyl groups is 1. The summed E-state index contributed by atoms with van der Waals surface area (Å²) in [6, 6.07) is 9.33. The molecule has 2 aromatic carbocycles. The van der Waals surface area contributed by atoms with Crippen LogP contribution in [-0.4, -0.2) is 37.2 Å². The van der Waals surface area contributed by atoms with E-state index in [0.29, 0.717) is 5.56 Å². The molecule has 26 heavy (non-hydrogen) atoms. The number of aryl methyl sites for hydroxylation is 2. The molecule has 0 aromatic heterocycles. The molecule has 138 valence electrons. The molecule has 1 heterocycles. The molecule has 0 amide bonds. The second-order valence-electron chi connectivity index (χ2n) is 7.31. The van der Waals surface area contributed by atoms with Gasteiger partial charge in [0, 0.05) is 29.9 Å². The lowest BCUT2D eigenvalue weighted by Crippen LogP contribution is -2.36. The smallest absolute Gasteiger partial charge is 0.193 e. The van der Waals surface area contributed by atoms with E-state index < -0.39 is 0 Å². The summed E-state index contributed by atoms with van der Waals surface area (Å²) in [4.78, 5) is 15.4. The molecule has 4 heteroatoms. The van der Waals surface area contributed by atoms with E-state index in [2.05, 4.69) is 17.0 Å². The number of carbonyl (C=O) groups excluding carboxylic acids is 1. The number of carbonyl (C=O) groups is 1. The largest absolute Gasteiger partial charge is 0.508 e. The second-order valence-corrected chi connectivity index (χ2v) is 7.31. The summed E-state index contributed by atoms with van der Waals surface area (Å²) in [6.45, 7) is 11.2. The summed E-state index contributed by atoms with van der Waals surface area (Å²) in [6.07, 6.45) is 0. The highest BCUT2D eigenvalue weighted by Gasteiger charge is 2.20. The Kier molecular flexibility index (Phi) is 5.33. The van der Waals surface area contributed by atoms with Crippen LogP contribution in [0, 0.1) is 13.8 Å². The van der Waals surface area contributed by atoms with Crippen molar-refractivity contribution in [3.05, 3.63) is 58.1 Å². The van der Waals surface area contributed by atoms with Crippen molar-refractivity contribution in [3.8, 4) is 5.75 Å². The molecular weight excluding hydrogens is 326 g/mol. The number of ether oxygens (including phenoxy) is 1. The Balaban J connectivity index is 1.96. The van der Waals surface area contributed by atoms with Crippen LogP contribution in [0.4, 0.5) is 5.69 Å². The number of benzene rings is 2. The van der Waals surface area contributed by atoms with Gasteiger partial charge in [-0.15, -0.1) is 0 Å². The molecule has 1 N–H and O–H groups in total. The normalized spacial score (nSPS) is 14.7. The molecule has 0 saturated carbocycles. The van der Waals surface area contributed by atoms with Gasteiger partial charge in [0.1, 0.15) is 5.75 Å². The van der Waals surface area contributed by atoms with Gasteiger partial charge in [-0.05, 0) is 66.8 Å². The first-order valence-electron chi connectivity index (χ1n) is 9.20. The van der Waals surface area contributed by atoms with E-state index in [0.717, 1.165) is 54.2 Å². The summed E-state index contributed by atoms with van der Waals surface area (Å²) in [5, 5.41) is 10.0. The zero-order chi connectivity index (χ0) is 18.8. The van der Waals surface area contributed by atoms with E-state index in [-0.39, 0.29) is 17.5 Å². The number of hydrogen-bond acceptors (Lipinski definition) is 4. The van der Waals surface area contributed by atoms with Crippen molar-refractivity contribution in [2.45, 2.75) is 33.6 Å². The molecule has 0 unspecified atom stereocenters. The van der Waals surface area contributed by atoms with Crippen molar-refractivity contribution in [1.82, 2.24) is 0 Å². The fourth-order valence-corrected chi connectivity index (χ4v) is 3.61. The second kappa shape index (κ2) is 7.50. The molecule has 0 spiro atoms. The SMILES string of the molecule is Cc1cc(N2CCOCC2)cc(C)c1C(=O)c1ccc(O)c(C(C)C)c1. The number of anilines is 1. The van der Waals surface area contributed by atoms with Crippen LogP contribution in [0.1, 0.15) is 52.4 Å². The highest BCUT2D eigenvalue weighted by molar-refractivity contribution is 6.11. The lowest BCUT2D eigenvalue weighted by molar-refractivity contribution is 0.103. The maximum atomic E-state index is 13.1. The van der Waals surface area contributed by atoms with Crippen molar-refractivity contribution < 1.29 is 14.6 Å². The molecule has 1 aliphatic heterocycles. The Morgan fingerprint density at radius 2 is 1.69 bits per heavy atom. The highest BCUT2D eigenvalue weighted by Crippen LogP contribution is 2.30. The molecule has 2 aromatic rings. The third-order valence-corrected chi connectivity index (χ3v) is 5.03. The minimum absolute atomic E-state index is 0.00966. The minimum Gasteiger partial charge on any atom is -0.508 e. The van der Waals surface area contributed by atoms with Crippen molar-refractivity contribution in [2.24, 2.45) is 0 Å². The summed E-state index contributed by atoms with van der Waals surface area (Å²) in [7, 11) is 0. The number of nitrogens with zero attached hydrogens (tertiary/aromatic N) is 1. The van der Waals surface area contributed by atoms with Crippen LogP contribution in [0.15, 0.2) is 30.3 Å². The summed E-state index contributed by atoms with van der Waals surface area (Å²) in [5.74, 6) is 0.414. The topological polar surface area (TPSA) is 49.8 Å². The lowest BCUT2D eigenvalue weighted by atomic mass is 9.91. The van der Waals surface area contributed by atoms with E-state index >= 15 is 0 Å². The molecule has 1 saturated heterocycles. The minimum atomic E-state index is 0.00966. The average molecular weight is 353 g/mol. The van der Waals surface area contributed by atoms with E-state index in [1.165, 1.54) is 0 Å². The summed E-state index contributed by atoms with van der Waals surface area (Å²) in [5.41, 5.74) is 5.29. The predicted octanol–water partition coefficient (Wildman–Crippen LogP) is 4.20. The van der Waals surface area contributed by atoms with Gasteiger partial charge in [0.2, 0.25) is 0 Å². The predicted molar refractivity (Wildman–Crippen MR) is 105 cm³/mol. The first kappa shape index (κ1) is 18.5. The van der Waals surface area contributed by atoms with Gasteiger partial charge in [-0.2, -0.15) is 0 Å². The maximum absolute atomic E-state index is 13.1. The van der Waals surface area contributed by atoms with Crippen molar-refractivity contribution in [3.63, 3.8) is 0 Å². The van der Waals surface area contributed by atoms with E-state index in [4.69, 9.17) is 4.74 Å². The summed E-state index contributed by atoms with van der Waals surface area (Å²) >= 11 is 0. The summed E-state index contributed by atoms with van der Waals surface area (Å²) < 4.78 is 5.43. The zero-order valence-electron chi connectivity index (χ0n) is 16.0. The number of rotatable bonds is 4. The zero-order valence-corrected chi connectivity index (χ0v) is 16.0. The highest BCUT2D eigenvalue weighted by atomic mass is 16.5. The Labute approximate surface area is 155 Å². The van der Waals surface area contributed by atoms with Gasteiger partial charge in [-0.3, -0.25) is 4.79 Å². The molecule has 0 bridgehead atoms. The molecular formula is C22H27NO3. The van der Waals surface area contributed by atoms with Gasteiger partial charge in [0.05, 0.1) is 13.2 Å².